The highest BCUT2D eigenvalue weighted by molar-refractivity contribution is 6.03. The van der Waals surface area contributed by atoms with Crippen molar-refractivity contribution in [3.8, 4) is 0 Å². The molecule has 0 spiro atoms. The number of aryl methyl sites for hydroxylation is 1. The second-order valence-electron chi connectivity index (χ2n) is 7.88. The van der Waals surface area contributed by atoms with Crippen LogP contribution in [0.25, 0.3) is 0 Å². The molecule has 0 radical (unpaired) electrons. The van der Waals surface area contributed by atoms with Gasteiger partial charge >= 0.3 is 5.69 Å². The SMILES string of the molecule is CC[C@]12O[C@@H](n3cc(C)c(NC(=O)c4ccccc4)nc3=O)[C@H](C1C)n1nncc12. The first-order valence-electron chi connectivity index (χ1n) is 10.0. The van der Waals surface area contributed by atoms with Gasteiger partial charge in [-0.05, 0) is 25.5 Å². The molecule has 5 rings (SSSR count). The van der Waals surface area contributed by atoms with E-state index in [4.69, 9.17) is 4.74 Å². The molecule has 9 heteroatoms. The Balaban J connectivity index is 1.48. The van der Waals surface area contributed by atoms with Crippen molar-refractivity contribution in [3.05, 3.63) is 70.0 Å². The lowest BCUT2D eigenvalue weighted by molar-refractivity contribution is -0.112. The predicted molar refractivity (Wildman–Crippen MR) is 108 cm³/mol. The van der Waals surface area contributed by atoms with Gasteiger partial charge in [0.2, 0.25) is 0 Å². The largest absolute Gasteiger partial charge is 0.351 e. The van der Waals surface area contributed by atoms with Gasteiger partial charge in [-0.2, -0.15) is 4.98 Å². The highest BCUT2D eigenvalue weighted by Crippen LogP contribution is 2.60. The summed E-state index contributed by atoms with van der Waals surface area (Å²) in [5, 5.41) is 11.0. The standard InChI is InChI=1S/C21H22N6O3/c1-4-21-13(3)16(27-15(21)10-22-25-27)19(30-21)26-11-12(2)17(24-20(26)29)23-18(28)14-8-6-5-7-9-14/h5-11,13,16,19H,4H2,1-3H3,(H,23,24,28,29)/t13?,16-,19+,21-/m0/s1. The second kappa shape index (κ2) is 6.60. The van der Waals surface area contributed by atoms with E-state index in [1.165, 1.54) is 4.57 Å². The molecule has 9 nitrogen and oxygen atoms in total. The molecular formula is C21H22N6O3. The Kier molecular flexibility index (Phi) is 4.11. The molecule has 4 heterocycles. The average molecular weight is 406 g/mol. The summed E-state index contributed by atoms with van der Waals surface area (Å²) in [6, 6.07) is 8.66. The molecule has 30 heavy (non-hydrogen) atoms. The van der Waals surface area contributed by atoms with Crippen LogP contribution in [-0.4, -0.2) is 30.5 Å². The monoisotopic (exact) mass is 406 g/mol. The van der Waals surface area contributed by atoms with Gasteiger partial charge in [0.15, 0.2) is 6.23 Å². The van der Waals surface area contributed by atoms with Crippen molar-refractivity contribution in [2.24, 2.45) is 5.92 Å². The smallest absolute Gasteiger partial charge is 0.342 e. The first kappa shape index (κ1) is 18.7. The molecule has 1 aromatic carbocycles. The van der Waals surface area contributed by atoms with Crippen molar-refractivity contribution in [1.29, 1.82) is 0 Å². The normalized spacial score (nSPS) is 26.6. The number of carbonyl (C=O) groups is 1. The van der Waals surface area contributed by atoms with Gasteiger partial charge in [0.05, 0.1) is 11.9 Å². The number of amides is 1. The van der Waals surface area contributed by atoms with Crippen LogP contribution in [0.5, 0.6) is 0 Å². The molecule has 0 saturated carbocycles. The van der Waals surface area contributed by atoms with Crippen molar-refractivity contribution in [1.82, 2.24) is 24.5 Å². The van der Waals surface area contributed by atoms with Crippen LogP contribution in [0.15, 0.2) is 47.5 Å². The van der Waals surface area contributed by atoms with Crippen LogP contribution in [0.4, 0.5) is 5.82 Å². The van der Waals surface area contributed by atoms with Crippen LogP contribution >= 0.6 is 0 Å². The number of nitrogens with zero attached hydrogens (tertiary/aromatic N) is 5. The van der Waals surface area contributed by atoms with Gasteiger partial charge in [-0.3, -0.25) is 9.36 Å². The molecule has 2 aromatic heterocycles. The fourth-order valence-corrected chi connectivity index (χ4v) is 4.76. The van der Waals surface area contributed by atoms with Crippen LogP contribution < -0.4 is 11.0 Å². The van der Waals surface area contributed by atoms with Gasteiger partial charge < -0.3 is 10.1 Å². The van der Waals surface area contributed by atoms with E-state index in [0.717, 1.165) is 12.1 Å². The number of fused-ring (bicyclic) bond motifs is 5. The predicted octanol–water partition coefficient (Wildman–Crippen LogP) is 2.42. The third-order valence-corrected chi connectivity index (χ3v) is 6.36. The van der Waals surface area contributed by atoms with Crippen molar-refractivity contribution in [3.63, 3.8) is 0 Å². The van der Waals surface area contributed by atoms with Crippen LogP contribution in [0.3, 0.4) is 0 Å². The zero-order valence-corrected chi connectivity index (χ0v) is 16.9. The Morgan fingerprint density at radius 2 is 2.07 bits per heavy atom. The molecule has 2 aliphatic rings. The summed E-state index contributed by atoms with van der Waals surface area (Å²) >= 11 is 0. The summed E-state index contributed by atoms with van der Waals surface area (Å²) < 4.78 is 9.81. The molecule has 1 amide bonds. The molecular weight excluding hydrogens is 384 g/mol. The zero-order valence-electron chi connectivity index (χ0n) is 16.9. The minimum atomic E-state index is -0.535. The maximum atomic E-state index is 12.9. The maximum Gasteiger partial charge on any atom is 0.351 e. The van der Waals surface area contributed by atoms with Gasteiger partial charge in [-0.15, -0.1) is 5.10 Å². The highest BCUT2D eigenvalue weighted by atomic mass is 16.5. The van der Waals surface area contributed by atoms with E-state index < -0.39 is 17.5 Å². The highest BCUT2D eigenvalue weighted by Gasteiger charge is 2.62. The van der Waals surface area contributed by atoms with Crippen LogP contribution in [0.1, 0.15) is 54.2 Å². The number of hydrogen-bond acceptors (Lipinski definition) is 6. The van der Waals surface area contributed by atoms with E-state index in [1.54, 1.807) is 43.6 Å². The fraction of sp³-hybridized carbons (Fsp3) is 0.381. The van der Waals surface area contributed by atoms with Gasteiger partial charge in [0.1, 0.15) is 17.5 Å². The maximum absolute atomic E-state index is 12.9. The summed E-state index contributed by atoms with van der Waals surface area (Å²) in [5.74, 6) is 0.0703. The summed E-state index contributed by atoms with van der Waals surface area (Å²) in [6.07, 6.45) is 3.64. The number of aromatic nitrogens is 5. The van der Waals surface area contributed by atoms with E-state index in [1.807, 2.05) is 10.7 Å². The molecule has 1 unspecified atom stereocenters. The van der Waals surface area contributed by atoms with Crippen molar-refractivity contribution >= 4 is 11.7 Å². The Bertz CT molecular complexity index is 1190. The Morgan fingerprint density at radius 3 is 2.80 bits per heavy atom. The summed E-state index contributed by atoms with van der Waals surface area (Å²) in [7, 11) is 0. The lowest BCUT2D eigenvalue weighted by Gasteiger charge is -2.31. The number of benzene rings is 1. The summed E-state index contributed by atoms with van der Waals surface area (Å²) in [4.78, 5) is 29.5. The van der Waals surface area contributed by atoms with Crippen molar-refractivity contribution < 1.29 is 9.53 Å². The lowest BCUT2D eigenvalue weighted by Crippen LogP contribution is -2.36. The number of hydrogen-bond donors (Lipinski definition) is 1. The fourth-order valence-electron chi connectivity index (χ4n) is 4.76. The Hall–Kier alpha value is -3.33. The van der Waals surface area contributed by atoms with E-state index in [0.29, 0.717) is 11.1 Å². The number of nitrogens with one attached hydrogen (secondary N) is 1. The molecule has 154 valence electrons. The summed E-state index contributed by atoms with van der Waals surface area (Å²) in [6.45, 7) is 5.98. The minimum Gasteiger partial charge on any atom is -0.342 e. The molecule has 3 aromatic rings. The number of anilines is 1. The van der Waals surface area contributed by atoms with Gasteiger partial charge in [-0.25, -0.2) is 9.48 Å². The van der Waals surface area contributed by atoms with E-state index in [9.17, 15) is 9.59 Å². The molecule has 2 aliphatic heterocycles. The van der Waals surface area contributed by atoms with Crippen LogP contribution in [0, 0.1) is 12.8 Å². The van der Waals surface area contributed by atoms with Crippen LogP contribution in [0.2, 0.25) is 0 Å². The Morgan fingerprint density at radius 1 is 1.30 bits per heavy atom. The molecule has 1 N–H and O–H groups in total. The first-order chi connectivity index (χ1) is 14.5. The second-order valence-corrected chi connectivity index (χ2v) is 7.88. The quantitative estimate of drug-likeness (QED) is 0.714. The van der Waals surface area contributed by atoms with Crippen LogP contribution in [-0.2, 0) is 10.3 Å². The van der Waals surface area contributed by atoms with Gasteiger partial charge in [0, 0.05) is 23.2 Å². The minimum absolute atomic E-state index is 0.141. The molecule has 1 saturated heterocycles. The molecule has 4 atom stereocenters. The van der Waals surface area contributed by atoms with E-state index in [-0.39, 0.29) is 23.7 Å². The zero-order chi connectivity index (χ0) is 21.0. The molecule has 2 bridgehead atoms. The topological polar surface area (TPSA) is 104 Å². The van der Waals surface area contributed by atoms with Crippen molar-refractivity contribution in [2.45, 2.75) is 45.1 Å². The number of rotatable bonds is 4. The first-order valence-corrected chi connectivity index (χ1v) is 10.0. The molecule has 0 aliphatic carbocycles. The summed E-state index contributed by atoms with van der Waals surface area (Å²) in [5.41, 5.74) is 1.11. The Labute approximate surface area is 172 Å². The third-order valence-electron chi connectivity index (χ3n) is 6.36. The third kappa shape index (κ3) is 2.48. The lowest BCUT2D eigenvalue weighted by atomic mass is 9.85. The number of ether oxygens (including phenoxy) is 1. The van der Waals surface area contributed by atoms with Crippen molar-refractivity contribution in [2.75, 3.05) is 5.32 Å². The van der Waals surface area contributed by atoms with E-state index in [2.05, 4.69) is 34.5 Å². The molecule has 1 fully saturated rings. The van der Waals surface area contributed by atoms with Gasteiger partial charge in [0.25, 0.3) is 5.91 Å². The van der Waals surface area contributed by atoms with E-state index >= 15 is 0 Å². The average Bonchev–Trinajstić information content (AvgIpc) is 3.40. The van der Waals surface area contributed by atoms with Gasteiger partial charge in [-0.1, -0.05) is 37.3 Å². The number of carbonyl (C=O) groups excluding carboxylic acids is 1.